The fraction of sp³-hybridized carbons (Fsp3) is 0.364. The van der Waals surface area contributed by atoms with E-state index in [9.17, 15) is 9.59 Å². The van der Waals surface area contributed by atoms with Gasteiger partial charge in [-0.2, -0.15) is 0 Å². The van der Waals surface area contributed by atoms with E-state index in [0.29, 0.717) is 25.4 Å². The van der Waals surface area contributed by atoms with Crippen molar-refractivity contribution in [2.24, 2.45) is 5.92 Å². The van der Waals surface area contributed by atoms with E-state index in [0.717, 1.165) is 16.9 Å². The number of ether oxygens (including phenoxy) is 1. The van der Waals surface area contributed by atoms with Crippen LogP contribution in [0.5, 0.6) is 5.75 Å². The number of piperazine rings is 1. The summed E-state index contributed by atoms with van der Waals surface area (Å²) in [7, 11) is 0. The zero-order valence-corrected chi connectivity index (χ0v) is 15.8. The van der Waals surface area contributed by atoms with Gasteiger partial charge < -0.3 is 15.4 Å². The van der Waals surface area contributed by atoms with Gasteiger partial charge in [-0.15, -0.1) is 0 Å². The average Bonchev–Trinajstić information content (AvgIpc) is 2.65. The summed E-state index contributed by atoms with van der Waals surface area (Å²) in [5.41, 5.74) is 2.09. The summed E-state index contributed by atoms with van der Waals surface area (Å²) in [4.78, 5) is 24.5. The van der Waals surface area contributed by atoms with E-state index in [-0.39, 0.29) is 11.8 Å². The lowest BCUT2D eigenvalue weighted by Crippen LogP contribution is -2.62. The van der Waals surface area contributed by atoms with Gasteiger partial charge in [-0.1, -0.05) is 56.3 Å². The second kappa shape index (κ2) is 8.71. The van der Waals surface area contributed by atoms with E-state index >= 15 is 0 Å². The lowest BCUT2D eigenvalue weighted by molar-refractivity contribution is -0.137. The summed E-state index contributed by atoms with van der Waals surface area (Å²) >= 11 is 0. The van der Waals surface area contributed by atoms with Crippen LogP contribution in [0.3, 0.4) is 0 Å². The van der Waals surface area contributed by atoms with Crippen LogP contribution < -0.4 is 15.4 Å². The molecular weight excluding hydrogens is 340 g/mol. The maximum Gasteiger partial charge on any atom is 0.243 e. The van der Waals surface area contributed by atoms with Gasteiger partial charge in [0.1, 0.15) is 24.4 Å². The lowest BCUT2D eigenvalue weighted by atomic mass is 9.97. The van der Waals surface area contributed by atoms with Crippen molar-refractivity contribution >= 4 is 11.8 Å². The first-order valence-electron chi connectivity index (χ1n) is 9.37. The third kappa shape index (κ3) is 5.33. The van der Waals surface area contributed by atoms with Crippen LogP contribution in [0.15, 0.2) is 54.6 Å². The van der Waals surface area contributed by atoms with Crippen LogP contribution in [0.1, 0.15) is 31.4 Å². The summed E-state index contributed by atoms with van der Waals surface area (Å²) in [6, 6.07) is 16.7. The van der Waals surface area contributed by atoms with E-state index in [1.807, 2.05) is 68.4 Å². The molecule has 0 saturated carbocycles. The van der Waals surface area contributed by atoms with Gasteiger partial charge in [-0.3, -0.25) is 9.59 Å². The van der Waals surface area contributed by atoms with Crippen molar-refractivity contribution in [1.82, 2.24) is 10.6 Å². The SMILES string of the molecule is CC(C)CC1NC(=O)C(Cc2ccc(OCc3ccccc3)cc2)NC1=O. The van der Waals surface area contributed by atoms with Crippen LogP contribution in [0.25, 0.3) is 0 Å². The van der Waals surface area contributed by atoms with Gasteiger partial charge in [0.2, 0.25) is 11.8 Å². The Labute approximate surface area is 160 Å². The first kappa shape index (κ1) is 19.0. The van der Waals surface area contributed by atoms with Crippen LogP contribution in [0.4, 0.5) is 0 Å². The predicted molar refractivity (Wildman–Crippen MR) is 104 cm³/mol. The van der Waals surface area contributed by atoms with E-state index < -0.39 is 12.1 Å². The molecule has 27 heavy (non-hydrogen) atoms. The van der Waals surface area contributed by atoms with E-state index in [2.05, 4.69) is 10.6 Å². The Bertz CT molecular complexity index is 772. The minimum absolute atomic E-state index is 0.101. The molecule has 0 aliphatic carbocycles. The molecule has 3 rings (SSSR count). The average molecular weight is 366 g/mol. The summed E-state index contributed by atoms with van der Waals surface area (Å²) in [5.74, 6) is 0.901. The van der Waals surface area contributed by atoms with Gasteiger partial charge in [-0.25, -0.2) is 0 Å². The smallest absolute Gasteiger partial charge is 0.243 e. The number of benzene rings is 2. The molecule has 2 amide bonds. The molecule has 1 aliphatic heterocycles. The fourth-order valence-electron chi connectivity index (χ4n) is 3.16. The first-order chi connectivity index (χ1) is 13.0. The third-order valence-electron chi connectivity index (χ3n) is 4.58. The van der Waals surface area contributed by atoms with E-state index in [1.165, 1.54) is 0 Å². The van der Waals surface area contributed by atoms with Crippen molar-refractivity contribution in [2.75, 3.05) is 0 Å². The normalized spacial score (nSPS) is 19.5. The van der Waals surface area contributed by atoms with Gasteiger partial charge in [0, 0.05) is 6.42 Å². The Morgan fingerprint density at radius 1 is 0.852 bits per heavy atom. The maximum atomic E-state index is 12.3. The molecule has 1 aliphatic rings. The summed E-state index contributed by atoms with van der Waals surface area (Å²) < 4.78 is 5.78. The van der Waals surface area contributed by atoms with Crippen molar-refractivity contribution in [3.63, 3.8) is 0 Å². The Kier molecular flexibility index (Phi) is 6.12. The highest BCUT2D eigenvalue weighted by Gasteiger charge is 2.33. The van der Waals surface area contributed by atoms with Crippen LogP contribution >= 0.6 is 0 Å². The number of hydrogen-bond acceptors (Lipinski definition) is 3. The first-order valence-corrected chi connectivity index (χ1v) is 9.37. The molecule has 1 heterocycles. The molecule has 2 unspecified atom stereocenters. The summed E-state index contributed by atoms with van der Waals surface area (Å²) in [6.07, 6.45) is 1.11. The van der Waals surface area contributed by atoms with Crippen molar-refractivity contribution < 1.29 is 14.3 Å². The largest absolute Gasteiger partial charge is 0.489 e. The second-order valence-electron chi connectivity index (χ2n) is 7.37. The highest BCUT2D eigenvalue weighted by molar-refractivity contribution is 5.97. The zero-order chi connectivity index (χ0) is 19.2. The van der Waals surface area contributed by atoms with Crippen LogP contribution in [0, 0.1) is 5.92 Å². The minimum Gasteiger partial charge on any atom is -0.489 e. The number of rotatable bonds is 7. The standard InChI is InChI=1S/C22H26N2O3/c1-15(2)12-19-21(25)24-20(22(26)23-19)13-16-8-10-18(11-9-16)27-14-17-6-4-3-5-7-17/h3-11,15,19-20H,12-14H2,1-2H3,(H,23,26)(H,24,25). The molecule has 2 aromatic carbocycles. The van der Waals surface area contributed by atoms with Crippen LogP contribution in [-0.4, -0.2) is 23.9 Å². The molecule has 0 spiro atoms. The molecule has 2 aromatic rings. The Balaban J connectivity index is 1.53. The van der Waals surface area contributed by atoms with Gasteiger partial charge >= 0.3 is 0 Å². The molecule has 5 heteroatoms. The summed E-state index contributed by atoms with van der Waals surface area (Å²) in [5, 5.41) is 5.69. The van der Waals surface area contributed by atoms with Gasteiger partial charge in [0.05, 0.1) is 0 Å². The van der Waals surface area contributed by atoms with Crippen molar-refractivity contribution in [2.45, 2.75) is 45.4 Å². The molecule has 142 valence electrons. The van der Waals surface area contributed by atoms with Crippen molar-refractivity contribution in [1.29, 1.82) is 0 Å². The number of amides is 2. The molecule has 1 saturated heterocycles. The quantitative estimate of drug-likeness (QED) is 0.792. The fourth-order valence-corrected chi connectivity index (χ4v) is 3.16. The van der Waals surface area contributed by atoms with E-state index in [4.69, 9.17) is 4.74 Å². The summed E-state index contributed by atoms with van der Waals surface area (Å²) in [6.45, 7) is 4.58. The highest BCUT2D eigenvalue weighted by atomic mass is 16.5. The van der Waals surface area contributed by atoms with E-state index in [1.54, 1.807) is 0 Å². The number of nitrogens with one attached hydrogen (secondary N) is 2. The predicted octanol–water partition coefficient (Wildman–Crippen LogP) is 2.84. The molecule has 0 aromatic heterocycles. The van der Waals surface area contributed by atoms with Gasteiger partial charge in [-0.05, 0) is 35.6 Å². The highest BCUT2D eigenvalue weighted by Crippen LogP contribution is 2.17. The van der Waals surface area contributed by atoms with Crippen LogP contribution in [0.2, 0.25) is 0 Å². The molecule has 0 radical (unpaired) electrons. The minimum atomic E-state index is -0.531. The molecule has 1 fully saturated rings. The van der Waals surface area contributed by atoms with Crippen molar-refractivity contribution in [3.8, 4) is 5.75 Å². The van der Waals surface area contributed by atoms with Gasteiger partial charge in [0.15, 0.2) is 0 Å². The van der Waals surface area contributed by atoms with Crippen molar-refractivity contribution in [3.05, 3.63) is 65.7 Å². The van der Waals surface area contributed by atoms with Crippen LogP contribution in [-0.2, 0) is 22.6 Å². The Hall–Kier alpha value is -2.82. The number of hydrogen-bond donors (Lipinski definition) is 2. The third-order valence-corrected chi connectivity index (χ3v) is 4.58. The Morgan fingerprint density at radius 3 is 2.15 bits per heavy atom. The molecule has 5 nitrogen and oxygen atoms in total. The maximum absolute atomic E-state index is 12.3. The molecule has 0 bridgehead atoms. The molecule has 2 atom stereocenters. The molecule has 2 N–H and O–H groups in total. The monoisotopic (exact) mass is 366 g/mol. The number of carbonyl (C=O) groups excluding carboxylic acids is 2. The topological polar surface area (TPSA) is 67.4 Å². The van der Waals surface area contributed by atoms with Gasteiger partial charge in [0.25, 0.3) is 0 Å². The Morgan fingerprint density at radius 2 is 1.48 bits per heavy atom. The zero-order valence-electron chi connectivity index (χ0n) is 15.8. The number of carbonyl (C=O) groups is 2. The molecular formula is C22H26N2O3. The second-order valence-corrected chi connectivity index (χ2v) is 7.37. The lowest BCUT2D eigenvalue weighted by Gasteiger charge is -2.30.